The van der Waals surface area contributed by atoms with Crippen LogP contribution in [0.2, 0.25) is 0 Å². The van der Waals surface area contributed by atoms with E-state index in [0.717, 1.165) is 38.6 Å². The summed E-state index contributed by atoms with van der Waals surface area (Å²) in [4.78, 5) is 26.4. The summed E-state index contributed by atoms with van der Waals surface area (Å²) in [5.74, 6) is -0.650. The van der Waals surface area contributed by atoms with Gasteiger partial charge >= 0.3 is 0 Å². The van der Waals surface area contributed by atoms with Crippen molar-refractivity contribution >= 4 is 11.8 Å². The van der Waals surface area contributed by atoms with E-state index in [-0.39, 0.29) is 23.8 Å². The molecule has 2 atom stereocenters. The van der Waals surface area contributed by atoms with Crippen molar-refractivity contribution in [2.24, 2.45) is 11.7 Å². The number of carbonyl (C=O) groups is 2. The normalized spacial score (nSPS) is 24.3. The number of benzene rings is 1. The Kier molecular flexibility index (Phi) is 5.66. The van der Waals surface area contributed by atoms with Gasteiger partial charge in [0.05, 0.1) is 5.92 Å². The number of nitrogens with two attached hydrogens (primary N) is 1. The fraction of sp³-hybridized carbons (Fsp3) is 0.619. The molecule has 142 valence electrons. The van der Waals surface area contributed by atoms with Crippen LogP contribution in [0.5, 0.6) is 0 Å². The first kappa shape index (κ1) is 18.9. The second-order valence-corrected chi connectivity index (χ2v) is 8.28. The Morgan fingerprint density at radius 3 is 2.38 bits per heavy atom. The first-order valence-corrected chi connectivity index (χ1v) is 9.77. The molecule has 1 aromatic carbocycles. The highest BCUT2D eigenvalue weighted by Crippen LogP contribution is 2.51. The van der Waals surface area contributed by atoms with Gasteiger partial charge in [-0.15, -0.1) is 0 Å². The highest BCUT2D eigenvalue weighted by molar-refractivity contribution is 5.94. The lowest BCUT2D eigenvalue weighted by atomic mass is 9.84. The third-order valence-corrected chi connectivity index (χ3v) is 6.10. The van der Waals surface area contributed by atoms with Gasteiger partial charge in [-0.1, -0.05) is 25.0 Å². The minimum atomic E-state index is -0.304. The van der Waals surface area contributed by atoms with Crippen LogP contribution < -0.4 is 11.1 Å². The molecule has 0 bridgehead atoms. The minimum Gasteiger partial charge on any atom is -0.369 e. The molecule has 2 unspecified atom stereocenters. The van der Waals surface area contributed by atoms with Crippen molar-refractivity contribution in [3.8, 4) is 0 Å². The van der Waals surface area contributed by atoms with E-state index in [0.29, 0.717) is 11.0 Å². The molecule has 3 N–H and O–H groups in total. The van der Waals surface area contributed by atoms with Gasteiger partial charge in [0.15, 0.2) is 0 Å². The SMILES string of the molecule is CN(C)CCC1(c2ccc(C(=O)NC3CCCCC3C(N)=O)cc2)CC1. The van der Waals surface area contributed by atoms with Crippen LogP contribution in [0, 0.1) is 5.92 Å². The second-order valence-electron chi connectivity index (χ2n) is 8.28. The topological polar surface area (TPSA) is 75.4 Å². The van der Waals surface area contributed by atoms with Gasteiger partial charge in [0.2, 0.25) is 5.91 Å². The van der Waals surface area contributed by atoms with E-state index in [1.54, 1.807) is 0 Å². The number of hydrogen-bond donors (Lipinski definition) is 2. The Bertz CT molecular complexity index is 650. The molecule has 0 saturated heterocycles. The van der Waals surface area contributed by atoms with Crippen LogP contribution in [-0.4, -0.2) is 43.4 Å². The van der Waals surface area contributed by atoms with E-state index < -0.39 is 0 Å². The fourth-order valence-electron chi connectivity index (χ4n) is 4.14. The van der Waals surface area contributed by atoms with Crippen LogP contribution in [0.1, 0.15) is 60.9 Å². The molecule has 0 spiro atoms. The Balaban J connectivity index is 1.63. The summed E-state index contributed by atoms with van der Waals surface area (Å²) in [6.07, 6.45) is 7.25. The molecule has 5 nitrogen and oxygen atoms in total. The number of carbonyl (C=O) groups excluding carboxylic acids is 2. The summed E-state index contributed by atoms with van der Waals surface area (Å²) in [7, 11) is 4.21. The number of hydrogen-bond acceptors (Lipinski definition) is 3. The van der Waals surface area contributed by atoms with Gasteiger partial charge in [-0.2, -0.15) is 0 Å². The van der Waals surface area contributed by atoms with Gasteiger partial charge in [-0.3, -0.25) is 9.59 Å². The van der Waals surface area contributed by atoms with Crippen molar-refractivity contribution in [1.82, 2.24) is 10.2 Å². The molecule has 0 aliphatic heterocycles. The van der Waals surface area contributed by atoms with Crippen LogP contribution in [-0.2, 0) is 10.2 Å². The summed E-state index contributed by atoms with van der Waals surface area (Å²) in [5, 5.41) is 3.03. The molecule has 0 radical (unpaired) electrons. The summed E-state index contributed by atoms with van der Waals surface area (Å²) >= 11 is 0. The quantitative estimate of drug-likeness (QED) is 0.787. The summed E-state index contributed by atoms with van der Waals surface area (Å²) in [5.41, 5.74) is 7.80. The van der Waals surface area contributed by atoms with Crippen LogP contribution in [0.3, 0.4) is 0 Å². The van der Waals surface area contributed by atoms with E-state index >= 15 is 0 Å². The van der Waals surface area contributed by atoms with Gasteiger partial charge in [0.1, 0.15) is 0 Å². The molecule has 0 heterocycles. The lowest BCUT2D eigenvalue weighted by Gasteiger charge is -2.30. The Morgan fingerprint density at radius 1 is 1.15 bits per heavy atom. The van der Waals surface area contributed by atoms with E-state index in [1.807, 2.05) is 12.1 Å². The Hall–Kier alpha value is -1.88. The van der Waals surface area contributed by atoms with Gasteiger partial charge in [0, 0.05) is 11.6 Å². The number of nitrogens with one attached hydrogen (secondary N) is 1. The van der Waals surface area contributed by atoms with Crippen molar-refractivity contribution in [2.45, 2.75) is 56.4 Å². The molecule has 2 saturated carbocycles. The van der Waals surface area contributed by atoms with Gasteiger partial charge in [-0.25, -0.2) is 0 Å². The third-order valence-electron chi connectivity index (χ3n) is 6.10. The van der Waals surface area contributed by atoms with Crippen molar-refractivity contribution in [2.75, 3.05) is 20.6 Å². The highest BCUT2D eigenvalue weighted by Gasteiger charge is 2.43. The maximum atomic E-state index is 12.6. The average molecular weight is 357 g/mol. The summed E-state index contributed by atoms with van der Waals surface area (Å²) in [6, 6.07) is 7.90. The van der Waals surface area contributed by atoms with Gasteiger partial charge in [-0.05, 0) is 75.9 Å². The Morgan fingerprint density at radius 2 is 1.81 bits per heavy atom. The van der Waals surface area contributed by atoms with Crippen molar-refractivity contribution in [3.63, 3.8) is 0 Å². The highest BCUT2D eigenvalue weighted by atomic mass is 16.2. The predicted octanol–water partition coefficient (Wildman–Crippen LogP) is 2.44. The molecule has 3 rings (SSSR count). The molecule has 2 amide bonds. The van der Waals surface area contributed by atoms with Crippen LogP contribution in [0.4, 0.5) is 0 Å². The lowest BCUT2D eigenvalue weighted by molar-refractivity contribution is -0.123. The lowest BCUT2D eigenvalue weighted by Crippen LogP contribution is -2.47. The van der Waals surface area contributed by atoms with Crippen molar-refractivity contribution < 1.29 is 9.59 Å². The van der Waals surface area contributed by atoms with Gasteiger partial charge < -0.3 is 16.0 Å². The fourth-order valence-corrected chi connectivity index (χ4v) is 4.14. The first-order chi connectivity index (χ1) is 12.4. The largest absolute Gasteiger partial charge is 0.369 e. The molecule has 2 aliphatic carbocycles. The van der Waals surface area contributed by atoms with Crippen LogP contribution in [0.15, 0.2) is 24.3 Å². The molecular formula is C21H31N3O2. The average Bonchev–Trinajstić information content (AvgIpc) is 3.41. The van der Waals surface area contributed by atoms with Crippen LogP contribution >= 0.6 is 0 Å². The number of nitrogens with zero attached hydrogens (tertiary/aromatic N) is 1. The molecular weight excluding hydrogens is 326 g/mol. The molecule has 1 aromatic rings. The number of primary amides is 1. The monoisotopic (exact) mass is 357 g/mol. The Labute approximate surface area is 156 Å². The molecule has 5 heteroatoms. The predicted molar refractivity (Wildman–Crippen MR) is 103 cm³/mol. The van der Waals surface area contributed by atoms with Crippen molar-refractivity contribution in [1.29, 1.82) is 0 Å². The van der Waals surface area contributed by atoms with E-state index in [2.05, 4.69) is 36.4 Å². The second kappa shape index (κ2) is 7.78. The number of amides is 2. The third kappa shape index (κ3) is 4.26. The maximum absolute atomic E-state index is 12.6. The smallest absolute Gasteiger partial charge is 0.251 e. The first-order valence-electron chi connectivity index (χ1n) is 9.77. The molecule has 2 fully saturated rings. The van der Waals surface area contributed by atoms with E-state index in [1.165, 1.54) is 18.4 Å². The maximum Gasteiger partial charge on any atom is 0.251 e. The van der Waals surface area contributed by atoms with Crippen LogP contribution in [0.25, 0.3) is 0 Å². The number of rotatable bonds is 7. The van der Waals surface area contributed by atoms with E-state index in [9.17, 15) is 9.59 Å². The zero-order valence-corrected chi connectivity index (χ0v) is 16.0. The standard InChI is InChI=1S/C21H31N3O2/c1-24(2)14-13-21(11-12-21)16-9-7-15(8-10-16)20(26)23-18-6-4-3-5-17(18)19(22)25/h7-10,17-18H,3-6,11-14H2,1-2H3,(H2,22,25)(H,23,26). The van der Waals surface area contributed by atoms with E-state index in [4.69, 9.17) is 5.73 Å². The van der Waals surface area contributed by atoms with Crippen molar-refractivity contribution in [3.05, 3.63) is 35.4 Å². The zero-order valence-electron chi connectivity index (χ0n) is 16.0. The summed E-state index contributed by atoms with van der Waals surface area (Å²) < 4.78 is 0. The van der Waals surface area contributed by atoms with Gasteiger partial charge in [0.25, 0.3) is 5.91 Å². The molecule has 2 aliphatic rings. The zero-order chi connectivity index (χ0) is 18.7. The summed E-state index contributed by atoms with van der Waals surface area (Å²) in [6.45, 7) is 1.08. The molecule has 26 heavy (non-hydrogen) atoms. The molecule has 0 aromatic heterocycles. The minimum absolute atomic E-state index is 0.104.